The standard InChI is InChI=1S/C27H32N4O4/c1-27(2,17-28-25(34)19-13-23(32)30(15-19)21-9-5-3-6-10-21)18-29-26(35)20-14-24(33)31(16-20)22-11-7-4-8-12-22/h3-12,19-20H,13-18H2,1-2H3,(H,28,34)(H,29,35)/t19-,20-/m1/s1. The van der Waals surface area contributed by atoms with Crippen molar-refractivity contribution in [3.8, 4) is 0 Å². The number of nitrogens with zero attached hydrogens (tertiary/aromatic N) is 2. The van der Waals surface area contributed by atoms with Crippen molar-refractivity contribution in [2.75, 3.05) is 36.0 Å². The molecule has 4 amide bonds. The van der Waals surface area contributed by atoms with E-state index >= 15 is 0 Å². The first-order valence-corrected chi connectivity index (χ1v) is 12.0. The molecule has 0 radical (unpaired) electrons. The highest BCUT2D eigenvalue weighted by atomic mass is 16.2. The van der Waals surface area contributed by atoms with Crippen molar-refractivity contribution in [3.05, 3.63) is 60.7 Å². The van der Waals surface area contributed by atoms with Crippen LogP contribution in [-0.2, 0) is 19.2 Å². The number of nitrogens with one attached hydrogen (secondary N) is 2. The summed E-state index contributed by atoms with van der Waals surface area (Å²) in [6.45, 7) is 5.36. The number of rotatable bonds is 8. The van der Waals surface area contributed by atoms with E-state index in [-0.39, 0.29) is 36.5 Å². The summed E-state index contributed by atoms with van der Waals surface area (Å²) in [4.78, 5) is 53.6. The number of para-hydroxylation sites is 2. The van der Waals surface area contributed by atoms with Gasteiger partial charge in [-0.1, -0.05) is 50.2 Å². The quantitative estimate of drug-likeness (QED) is 0.611. The molecule has 35 heavy (non-hydrogen) atoms. The Hall–Kier alpha value is -3.68. The van der Waals surface area contributed by atoms with Crippen molar-refractivity contribution < 1.29 is 19.2 Å². The van der Waals surface area contributed by atoms with Gasteiger partial charge >= 0.3 is 0 Å². The zero-order valence-electron chi connectivity index (χ0n) is 20.2. The molecule has 4 rings (SSSR count). The molecule has 2 fully saturated rings. The third kappa shape index (κ3) is 5.88. The van der Waals surface area contributed by atoms with Crippen LogP contribution in [-0.4, -0.2) is 49.8 Å². The van der Waals surface area contributed by atoms with Crippen LogP contribution in [0.4, 0.5) is 11.4 Å². The molecule has 2 atom stereocenters. The molecule has 0 spiro atoms. The van der Waals surface area contributed by atoms with Crippen LogP contribution < -0.4 is 20.4 Å². The molecule has 2 aliphatic heterocycles. The van der Waals surface area contributed by atoms with E-state index in [9.17, 15) is 19.2 Å². The fourth-order valence-electron chi connectivity index (χ4n) is 4.49. The topological polar surface area (TPSA) is 98.8 Å². The Morgan fingerprint density at radius 1 is 0.743 bits per heavy atom. The number of hydrogen-bond donors (Lipinski definition) is 2. The highest BCUT2D eigenvalue weighted by Crippen LogP contribution is 2.26. The van der Waals surface area contributed by atoms with Gasteiger partial charge in [-0.15, -0.1) is 0 Å². The normalized spacial score (nSPS) is 20.3. The molecule has 0 unspecified atom stereocenters. The van der Waals surface area contributed by atoms with Crippen molar-refractivity contribution in [3.63, 3.8) is 0 Å². The molecule has 0 bridgehead atoms. The van der Waals surface area contributed by atoms with Crippen LogP contribution in [0.25, 0.3) is 0 Å². The zero-order chi connectivity index (χ0) is 25.0. The van der Waals surface area contributed by atoms with Crippen molar-refractivity contribution in [2.45, 2.75) is 26.7 Å². The van der Waals surface area contributed by atoms with E-state index in [0.29, 0.717) is 26.2 Å². The molecule has 8 nitrogen and oxygen atoms in total. The first-order chi connectivity index (χ1) is 16.7. The van der Waals surface area contributed by atoms with Crippen LogP contribution in [0.15, 0.2) is 60.7 Å². The largest absolute Gasteiger partial charge is 0.355 e. The van der Waals surface area contributed by atoms with Crippen LogP contribution in [0.1, 0.15) is 26.7 Å². The SMILES string of the molecule is CC(C)(CNC(=O)[C@@H]1CC(=O)N(c2ccccc2)C1)CNC(=O)[C@@H]1CC(=O)N(c2ccccc2)C1. The van der Waals surface area contributed by atoms with Gasteiger partial charge < -0.3 is 20.4 Å². The second-order valence-corrected chi connectivity index (χ2v) is 10.1. The second kappa shape index (κ2) is 10.3. The molecule has 2 N–H and O–H groups in total. The summed E-state index contributed by atoms with van der Waals surface area (Å²) in [7, 11) is 0. The summed E-state index contributed by atoms with van der Waals surface area (Å²) in [5, 5.41) is 5.91. The molecule has 2 heterocycles. The molecular weight excluding hydrogens is 444 g/mol. The van der Waals surface area contributed by atoms with Crippen LogP contribution in [0.5, 0.6) is 0 Å². The number of carbonyl (C=O) groups is 4. The van der Waals surface area contributed by atoms with E-state index in [1.807, 2.05) is 74.5 Å². The maximum absolute atomic E-state index is 12.7. The van der Waals surface area contributed by atoms with Crippen molar-refractivity contribution in [1.82, 2.24) is 10.6 Å². The van der Waals surface area contributed by atoms with E-state index in [4.69, 9.17) is 0 Å². The average Bonchev–Trinajstić information content (AvgIpc) is 3.45. The smallest absolute Gasteiger partial charge is 0.227 e. The lowest BCUT2D eigenvalue weighted by atomic mass is 9.92. The summed E-state index contributed by atoms with van der Waals surface area (Å²) in [6, 6.07) is 18.7. The van der Waals surface area contributed by atoms with E-state index in [1.165, 1.54) is 0 Å². The lowest BCUT2D eigenvalue weighted by Gasteiger charge is -2.27. The van der Waals surface area contributed by atoms with Crippen LogP contribution in [0, 0.1) is 17.3 Å². The van der Waals surface area contributed by atoms with Crippen LogP contribution in [0.2, 0.25) is 0 Å². The highest BCUT2D eigenvalue weighted by molar-refractivity contribution is 6.01. The number of amides is 4. The molecule has 0 aromatic heterocycles. The molecule has 2 aliphatic rings. The Kier molecular flexibility index (Phi) is 7.19. The van der Waals surface area contributed by atoms with Crippen LogP contribution >= 0.6 is 0 Å². The molecule has 2 saturated heterocycles. The predicted molar refractivity (Wildman–Crippen MR) is 134 cm³/mol. The molecule has 2 aromatic carbocycles. The molecule has 8 heteroatoms. The Bertz CT molecular complexity index is 1000. The molecule has 0 saturated carbocycles. The zero-order valence-corrected chi connectivity index (χ0v) is 20.2. The summed E-state index contributed by atoms with van der Waals surface area (Å²) in [6.07, 6.45) is 0.372. The van der Waals surface area contributed by atoms with E-state index in [0.717, 1.165) is 11.4 Å². The van der Waals surface area contributed by atoms with Crippen LogP contribution in [0.3, 0.4) is 0 Å². The van der Waals surface area contributed by atoms with Gasteiger partial charge in [0.2, 0.25) is 23.6 Å². The summed E-state index contributed by atoms with van der Waals surface area (Å²) in [5.74, 6) is -1.23. The number of hydrogen-bond acceptors (Lipinski definition) is 4. The van der Waals surface area contributed by atoms with E-state index < -0.39 is 17.3 Å². The maximum atomic E-state index is 12.7. The Morgan fingerprint density at radius 3 is 1.49 bits per heavy atom. The predicted octanol–water partition coefficient (Wildman–Crippen LogP) is 2.35. The van der Waals surface area contributed by atoms with Gasteiger partial charge in [-0.25, -0.2) is 0 Å². The second-order valence-electron chi connectivity index (χ2n) is 10.1. The minimum absolute atomic E-state index is 0.0569. The van der Waals surface area contributed by atoms with Gasteiger partial charge in [0.15, 0.2) is 0 Å². The third-order valence-corrected chi connectivity index (χ3v) is 6.61. The van der Waals surface area contributed by atoms with Gasteiger partial charge in [-0.3, -0.25) is 19.2 Å². The van der Waals surface area contributed by atoms with Gasteiger partial charge in [0.05, 0.1) is 11.8 Å². The van der Waals surface area contributed by atoms with E-state index in [2.05, 4.69) is 10.6 Å². The van der Waals surface area contributed by atoms with Gasteiger partial charge in [0, 0.05) is 50.4 Å². The van der Waals surface area contributed by atoms with Gasteiger partial charge in [0.1, 0.15) is 0 Å². The first kappa shape index (κ1) is 24.4. The molecular formula is C27H32N4O4. The third-order valence-electron chi connectivity index (χ3n) is 6.61. The van der Waals surface area contributed by atoms with Crippen molar-refractivity contribution in [1.29, 1.82) is 0 Å². The van der Waals surface area contributed by atoms with Gasteiger partial charge in [0.25, 0.3) is 0 Å². The Labute approximate surface area is 205 Å². The lowest BCUT2D eigenvalue weighted by Crippen LogP contribution is -2.45. The minimum atomic E-state index is -0.401. The minimum Gasteiger partial charge on any atom is -0.355 e. The maximum Gasteiger partial charge on any atom is 0.227 e. The summed E-state index contributed by atoms with van der Waals surface area (Å²) in [5.41, 5.74) is 1.20. The monoisotopic (exact) mass is 476 g/mol. The molecule has 2 aromatic rings. The number of carbonyl (C=O) groups excluding carboxylic acids is 4. The lowest BCUT2D eigenvalue weighted by molar-refractivity contribution is -0.127. The van der Waals surface area contributed by atoms with E-state index in [1.54, 1.807) is 9.80 Å². The fourth-order valence-corrected chi connectivity index (χ4v) is 4.49. The Balaban J connectivity index is 1.23. The number of anilines is 2. The Morgan fingerprint density at radius 2 is 1.11 bits per heavy atom. The number of benzene rings is 2. The molecule has 0 aliphatic carbocycles. The first-order valence-electron chi connectivity index (χ1n) is 12.0. The summed E-state index contributed by atoms with van der Waals surface area (Å²) < 4.78 is 0. The van der Waals surface area contributed by atoms with Gasteiger partial charge in [-0.2, -0.15) is 0 Å². The van der Waals surface area contributed by atoms with Gasteiger partial charge in [-0.05, 0) is 29.7 Å². The average molecular weight is 477 g/mol. The van der Waals surface area contributed by atoms with Crippen molar-refractivity contribution >= 4 is 35.0 Å². The summed E-state index contributed by atoms with van der Waals surface area (Å²) >= 11 is 0. The van der Waals surface area contributed by atoms with Crippen molar-refractivity contribution in [2.24, 2.45) is 17.3 Å². The molecule has 184 valence electrons. The fraction of sp³-hybridized carbons (Fsp3) is 0.407. The highest BCUT2D eigenvalue weighted by Gasteiger charge is 2.37.